The smallest absolute Gasteiger partial charge is 0.259 e. The lowest BCUT2D eigenvalue weighted by Gasteiger charge is -2.13. The first-order chi connectivity index (χ1) is 12.5. The van der Waals surface area contributed by atoms with Crippen LogP contribution in [0.15, 0.2) is 34.9 Å². The maximum Gasteiger partial charge on any atom is 0.259 e. The van der Waals surface area contributed by atoms with E-state index in [0.29, 0.717) is 40.1 Å². The van der Waals surface area contributed by atoms with Gasteiger partial charge in [0.1, 0.15) is 5.76 Å². The van der Waals surface area contributed by atoms with Gasteiger partial charge in [-0.25, -0.2) is 0 Å². The van der Waals surface area contributed by atoms with E-state index in [4.69, 9.17) is 16.0 Å². The highest BCUT2D eigenvalue weighted by Crippen LogP contribution is 2.23. The lowest BCUT2D eigenvalue weighted by Crippen LogP contribution is -2.27. The van der Waals surface area contributed by atoms with Crippen molar-refractivity contribution in [3.63, 3.8) is 0 Å². The third-order valence-electron chi connectivity index (χ3n) is 4.58. The summed E-state index contributed by atoms with van der Waals surface area (Å²) in [5.74, 6) is 0.542. The third kappa shape index (κ3) is 4.45. The minimum Gasteiger partial charge on any atom is -0.469 e. The molecular weight excluding hydrogens is 354 g/mol. The number of furan rings is 1. The van der Waals surface area contributed by atoms with E-state index < -0.39 is 0 Å². The first-order valence-corrected chi connectivity index (χ1v) is 9.06. The number of hydrogen-bond donors (Lipinski definition) is 3. The molecule has 1 unspecified atom stereocenters. The van der Waals surface area contributed by atoms with Crippen molar-refractivity contribution in [2.24, 2.45) is 5.92 Å². The second-order valence-electron chi connectivity index (χ2n) is 6.44. The fraction of sp³-hybridized carbons (Fsp3) is 0.368. The second-order valence-corrected chi connectivity index (χ2v) is 6.87. The van der Waals surface area contributed by atoms with Crippen molar-refractivity contribution in [2.75, 3.05) is 25.0 Å². The molecule has 2 aromatic rings. The zero-order chi connectivity index (χ0) is 18.5. The Balaban J connectivity index is 1.67. The van der Waals surface area contributed by atoms with Gasteiger partial charge in [0.05, 0.1) is 23.1 Å². The number of hydrogen-bond acceptors (Lipinski definition) is 4. The Labute approximate surface area is 157 Å². The van der Waals surface area contributed by atoms with Crippen molar-refractivity contribution in [2.45, 2.75) is 19.8 Å². The minimum atomic E-state index is -0.343. The quantitative estimate of drug-likeness (QED) is 0.723. The van der Waals surface area contributed by atoms with Crippen LogP contribution >= 0.6 is 11.6 Å². The number of aryl methyl sites for hydroxylation is 1. The van der Waals surface area contributed by atoms with Gasteiger partial charge in [-0.3, -0.25) is 9.59 Å². The number of halogens is 1. The molecular formula is C19H22ClN3O3. The highest BCUT2D eigenvalue weighted by molar-refractivity contribution is 6.31. The topological polar surface area (TPSA) is 83.4 Å². The van der Waals surface area contributed by atoms with Crippen molar-refractivity contribution in [1.29, 1.82) is 0 Å². The fourth-order valence-electron chi connectivity index (χ4n) is 3.07. The zero-order valence-electron chi connectivity index (χ0n) is 14.6. The average molecular weight is 376 g/mol. The largest absolute Gasteiger partial charge is 0.469 e. The monoisotopic (exact) mass is 375 g/mol. The molecule has 2 amide bonds. The minimum absolute atomic E-state index is 0.230. The van der Waals surface area contributed by atoms with Crippen LogP contribution in [0.1, 0.15) is 39.3 Å². The molecule has 1 fully saturated rings. The van der Waals surface area contributed by atoms with Gasteiger partial charge < -0.3 is 20.4 Å². The maximum atomic E-state index is 12.5. The third-order valence-corrected chi connectivity index (χ3v) is 4.81. The van der Waals surface area contributed by atoms with Crippen LogP contribution in [-0.4, -0.2) is 31.4 Å². The van der Waals surface area contributed by atoms with E-state index in [1.54, 1.807) is 31.2 Å². The summed E-state index contributed by atoms with van der Waals surface area (Å²) in [6, 6.07) is 6.41. The first kappa shape index (κ1) is 18.5. The fourth-order valence-corrected chi connectivity index (χ4v) is 3.25. The normalized spacial score (nSPS) is 16.5. The number of rotatable bonds is 6. The van der Waals surface area contributed by atoms with Gasteiger partial charge >= 0.3 is 0 Å². The summed E-state index contributed by atoms with van der Waals surface area (Å²) in [7, 11) is 0. The van der Waals surface area contributed by atoms with Gasteiger partial charge in [0.2, 0.25) is 0 Å². The van der Waals surface area contributed by atoms with Crippen molar-refractivity contribution in [3.8, 4) is 0 Å². The molecule has 1 aromatic carbocycles. The van der Waals surface area contributed by atoms with E-state index in [2.05, 4.69) is 16.0 Å². The van der Waals surface area contributed by atoms with Crippen LogP contribution in [0.4, 0.5) is 5.69 Å². The lowest BCUT2D eigenvalue weighted by atomic mass is 10.1. The molecule has 6 nitrogen and oxygen atoms in total. The summed E-state index contributed by atoms with van der Waals surface area (Å²) in [4.78, 5) is 25.0. The Morgan fingerprint density at radius 2 is 2.12 bits per heavy atom. The van der Waals surface area contributed by atoms with Gasteiger partial charge in [0.15, 0.2) is 0 Å². The van der Waals surface area contributed by atoms with Crippen LogP contribution in [0.3, 0.4) is 0 Å². The van der Waals surface area contributed by atoms with Crippen molar-refractivity contribution < 1.29 is 14.0 Å². The molecule has 0 aliphatic carbocycles. The number of benzene rings is 1. The average Bonchev–Trinajstić information content (AvgIpc) is 3.26. The van der Waals surface area contributed by atoms with Crippen LogP contribution in [0, 0.1) is 12.8 Å². The van der Waals surface area contributed by atoms with E-state index in [0.717, 1.165) is 25.9 Å². The van der Waals surface area contributed by atoms with Crippen molar-refractivity contribution in [3.05, 3.63) is 52.4 Å². The molecule has 1 saturated heterocycles. The summed E-state index contributed by atoms with van der Waals surface area (Å²) in [6.45, 7) is 4.35. The van der Waals surface area contributed by atoms with E-state index in [9.17, 15) is 9.59 Å². The van der Waals surface area contributed by atoms with Crippen LogP contribution in [-0.2, 0) is 0 Å². The molecule has 138 valence electrons. The number of anilines is 1. The first-order valence-electron chi connectivity index (χ1n) is 8.68. The number of carbonyl (C=O) groups excluding carboxylic acids is 2. The molecule has 3 N–H and O–H groups in total. The summed E-state index contributed by atoms with van der Waals surface area (Å²) < 4.78 is 5.16. The van der Waals surface area contributed by atoms with Gasteiger partial charge in [0, 0.05) is 11.6 Å². The lowest BCUT2D eigenvalue weighted by molar-refractivity contribution is 0.0952. The van der Waals surface area contributed by atoms with Crippen molar-refractivity contribution in [1.82, 2.24) is 10.6 Å². The Hall–Kier alpha value is -2.31. The van der Waals surface area contributed by atoms with Crippen LogP contribution in [0.5, 0.6) is 0 Å². The summed E-state index contributed by atoms with van der Waals surface area (Å²) >= 11 is 6.04. The maximum absolute atomic E-state index is 12.5. The standard InChI is InChI=1S/C19H22ClN3O3/c1-12-15(6-9-26-12)19(25)23-17-10-14(20)2-3-16(17)18(24)22-8-5-13-4-7-21-11-13/h2-3,6,9-10,13,21H,4-5,7-8,11H2,1H3,(H,22,24)(H,23,25). The molecule has 0 bridgehead atoms. The summed E-state index contributed by atoms with van der Waals surface area (Å²) in [5, 5.41) is 9.44. The van der Waals surface area contributed by atoms with Gasteiger partial charge in [-0.1, -0.05) is 11.6 Å². The molecule has 7 heteroatoms. The molecule has 1 aromatic heterocycles. The van der Waals surface area contributed by atoms with E-state index in [1.807, 2.05) is 0 Å². The second kappa shape index (κ2) is 8.38. The molecule has 0 radical (unpaired) electrons. The molecule has 0 spiro atoms. The van der Waals surface area contributed by atoms with Crippen LogP contribution < -0.4 is 16.0 Å². The molecule has 2 heterocycles. The van der Waals surface area contributed by atoms with Crippen molar-refractivity contribution >= 4 is 29.1 Å². The highest BCUT2D eigenvalue weighted by Gasteiger charge is 2.18. The molecule has 0 saturated carbocycles. The van der Waals surface area contributed by atoms with E-state index in [-0.39, 0.29) is 11.8 Å². The Morgan fingerprint density at radius 1 is 1.27 bits per heavy atom. The number of carbonyl (C=O) groups is 2. The summed E-state index contributed by atoms with van der Waals surface area (Å²) in [5.41, 5.74) is 1.18. The van der Waals surface area contributed by atoms with Gasteiger partial charge in [-0.15, -0.1) is 0 Å². The Bertz CT molecular complexity index is 797. The molecule has 1 aliphatic heterocycles. The summed E-state index contributed by atoms with van der Waals surface area (Å²) in [6.07, 6.45) is 3.53. The molecule has 26 heavy (non-hydrogen) atoms. The van der Waals surface area contributed by atoms with Gasteiger partial charge in [0.25, 0.3) is 11.8 Å². The highest BCUT2D eigenvalue weighted by atomic mass is 35.5. The SMILES string of the molecule is Cc1occc1C(=O)Nc1cc(Cl)ccc1C(=O)NCCC1CCNC1. The molecule has 1 aliphatic rings. The van der Waals surface area contributed by atoms with Crippen LogP contribution in [0.25, 0.3) is 0 Å². The Kier molecular flexibility index (Phi) is 5.96. The van der Waals surface area contributed by atoms with Crippen LogP contribution in [0.2, 0.25) is 5.02 Å². The number of amides is 2. The Morgan fingerprint density at radius 3 is 2.81 bits per heavy atom. The number of nitrogens with one attached hydrogen (secondary N) is 3. The molecule has 1 atom stereocenters. The van der Waals surface area contributed by atoms with E-state index in [1.165, 1.54) is 6.26 Å². The van der Waals surface area contributed by atoms with Gasteiger partial charge in [-0.05, 0) is 63.0 Å². The molecule has 3 rings (SSSR count). The zero-order valence-corrected chi connectivity index (χ0v) is 15.4. The van der Waals surface area contributed by atoms with Gasteiger partial charge in [-0.2, -0.15) is 0 Å². The predicted octanol–water partition coefficient (Wildman–Crippen LogP) is 3.22. The van der Waals surface area contributed by atoms with E-state index >= 15 is 0 Å². The predicted molar refractivity (Wildman–Crippen MR) is 101 cm³/mol.